The second kappa shape index (κ2) is 13.9. The first-order valence-corrected chi connectivity index (χ1v) is 13.6. The second-order valence-corrected chi connectivity index (χ2v) is 12.6. The van der Waals surface area contributed by atoms with Crippen molar-refractivity contribution in [2.75, 3.05) is 27.3 Å². The molecule has 2 aliphatic heterocycles. The van der Waals surface area contributed by atoms with Crippen LogP contribution in [0.25, 0.3) is 0 Å². The van der Waals surface area contributed by atoms with E-state index in [4.69, 9.17) is 18.9 Å². The fourth-order valence-corrected chi connectivity index (χ4v) is 3.38. The molecule has 2 aliphatic rings. The predicted octanol–water partition coefficient (Wildman–Crippen LogP) is 4.46. The maximum absolute atomic E-state index is 12.0. The van der Waals surface area contributed by atoms with Crippen molar-refractivity contribution in [1.82, 2.24) is 9.80 Å². The molecular formula is C31H48N2O8. The van der Waals surface area contributed by atoms with Crippen molar-refractivity contribution in [2.24, 2.45) is 0 Å². The lowest BCUT2D eigenvalue weighted by atomic mass is 10.1. The maximum Gasteiger partial charge on any atom is 0.342 e. The minimum Gasteiger partial charge on any atom is -0.477 e. The first-order valence-electron chi connectivity index (χ1n) is 13.6. The molecule has 0 aromatic heterocycles. The van der Waals surface area contributed by atoms with Crippen LogP contribution >= 0.6 is 0 Å². The Bertz CT molecular complexity index is 1130. The molecule has 0 saturated carbocycles. The molecule has 2 rings (SSSR count). The summed E-state index contributed by atoms with van der Waals surface area (Å²) < 4.78 is 21.4. The third-order valence-corrected chi connectivity index (χ3v) is 6.35. The number of hydrogen-bond donors (Lipinski definition) is 0. The van der Waals surface area contributed by atoms with Gasteiger partial charge >= 0.3 is 11.9 Å². The van der Waals surface area contributed by atoms with Crippen LogP contribution in [0, 0.1) is 0 Å². The van der Waals surface area contributed by atoms with Gasteiger partial charge in [-0.2, -0.15) is 0 Å². The lowest BCUT2D eigenvalue weighted by Gasteiger charge is -2.25. The molecule has 0 bridgehead atoms. The lowest BCUT2D eigenvalue weighted by Crippen LogP contribution is -2.36. The van der Waals surface area contributed by atoms with Gasteiger partial charge in [-0.05, 0) is 100 Å². The van der Waals surface area contributed by atoms with Gasteiger partial charge in [0.2, 0.25) is 0 Å². The van der Waals surface area contributed by atoms with E-state index in [0.717, 1.165) is 0 Å². The van der Waals surface area contributed by atoms with Crippen LogP contribution in [0.3, 0.4) is 0 Å². The molecule has 2 heterocycles. The summed E-state index contributed by atoms with van der Waals surface area (Å²) >= 11 is 0. The first-order chi connectivity index (χ1) is 18.6. The zero-order chi connectivity index (χ0) is 31.9. The Kier molecular flexibility index (Phi) is 12.0. The van der Waals surface area contributed by atoms with Gasteiger partial charge in [-0.25, -0.2) is 9.59 Å². The van der Waals surface area contributed by atoms with Crippen molar-refractivity contribution in [3.63, 3.8) is 0 Å². The number of carbonyl (C=O) groups excluding carboxylic acids is 4. The number of esters is 2. The Morgan fingerprint density at radius 2 is 1.15 bits per heavy atom. The number of ketones is 2. The van der Waals surface area contributed by atoms with Crippen molar-refractivity contribution in [1.29, 1.82) is 0 Å². The van der Waals surface area contributed by atoms with Gasteiger partial charge in [0.25, 0.3) is 0 Å². The molecule has 0 spiro atoms. The Labute approximate surface area is 245 Å². The summed E-state index contributed by atoms with van der Waals surface area (Å²) in [4.78, 5) is 50.9. The summed E-state index contributed by atoms with van der Waals surface area (Å²) in [6.07, 6.45) is 5.93. The van der Waals surface area contributed by atoms with Crippen LogP contribution in [0.5, 0.6) is 0 Å². The van der Waals surface area contributed by atoms with E-state index in [1.54, 1.807) is 46.8 Å². The van der Waals surface area contributed by atoms with Gasteiger partial charge in [0, 0.05) is 14.1 Å². The van der Waals surface area contributed by atoms with E-state index in [1.165, 1.54) is 26.0 Å². The smallest absolute Gasteiger partial charge is 0.342 e. The SMILES string of the molecule is CC(=O)C(=CC=C1OCC(C)(C)N1C)C(=O)OC(C)(C)C.CC(=O)C(=CC=C1OCC(C)(C)N1C)C(=O)OC(C)C. The number of allylic oxidation sites excluding steroid dienone is 4. The van der Waals surface area contributed by atoms with Crippen molar-refractivity contribution < 1.29 is 38.1 Å². The first kappa shape index (κ1) is 35.5. The highest BCUT2D eigenvalue weighted by Crippen LogP contribution is 2.28. The van der Waals surface area contributed by atoms with Gasteiger partial charge in [-0.15, -0.1) is 0 Å². The number of hydrogen-bond acceptors (Lipinski definition) is 10. The Hall–Kier alpha value is -3.56. The highest BCUT2D eigenvalue weighted by molar-refractivity contribution is 6.17. The largest absolute Gasteiger partial charge is 0.477 e. The normalized spacial score (nSPS) is 20.3. The minimum absolute atomic E-state index is 0.0131. The molecular weight excluding hydrogens is 528 g/mol. The van der Waals surface area contributed by atoms with Gasteiger partial charge in [0.1, 0.15) is 30.0 Å². The summed E-state index contributed by atoms with van der Waals surface area (Å²) in [5.74, 6) is -0.627. The summed E-state index contributed by atoms with van der Waals surface area (Å²) in [6.45, 7) is 20.8. The molecule has 0 aliphatic carbocycles. The number of rotatable bonds is 7. The number of ether oxygens (including phenoxy) is 4. The molecule has 2 fully saturated rings. The monoisotopic (exact) mass is 576 g/mol. The molecule has 0 aromatic carbocycles. The van der Waals surface area contributed by atoms with Crippen molar-refractivity contribution in [3.8, 4) is 0 Å². The highest BCUT2D eigenvalue weighted by atomic mass is 16.6. The van der Waals surface area contributed by atoms with E-state index in [-0.39, 0.29) is 39.9 Å². The minimum atomic E-state index is -0.637. The van der Waals surface area contributed by atoms with Crippen LogP contribution in [-0.4, -0.2) is 83.4 Å². The average Bonchev–Trinajstić information content (AvgIpc) is 3.20. The van der Waals surface area contributed by atoms with E-state index >= 15 is 0 Å². The third-order valence-electron chi connectivity index (χ3n) is 6.35. The maximum atomic E-state index is 12.0. The molecule has 0 unspecified atom stereocenters. The molecule has 230 valence electrons. The zero-order valence-electron chi connectivity index (χ0n) is 27.0. The van der Waals surface area contributed by atoms with Crippen LogP contribution < -0.4 is 0 Å². The van der Waals surface area contributed by atoms with Gasteiger partial charge in [0.05, 0.1) is 17.2 Å². The summed E-state index contributed by atoms with van der Waals surface area (Å²) in [7, 11) is 3.82. The second-order valence-electron chi connectivity index (χ2n) is 12.6. The third kappa shape index (κ3) is 10.7. The molecule has 0 radical (unpaired) electrons. The van der Waals surface area contributed by atoms with E-state index in [9.17, 15) is 19.2 Å². The van der Waals surface area contributed by atoms with E-state index in [1.807, 2.05) is 23.9 Å². The van der Waals surface area contributed by atoms with Crippen LogP contribution in [0.2, 0.25) is 0 Å². The topological polar surface area (TPSA) is 112 Å². The molecule has 41 heavy (non-hydrogen) atoms. The molecule has 10 heteroatoms. The lowest BCUT2D eigenvalue weighted by molar-refractivity contribution is -0.150. The molecule has 2 saturated heterocycles. The van der Waals surface area contributed by atoms with Crippen molar-refractivity contribution in [2.45, 2.75) is 98.9 Å². The van der Waals surface area contributed by atoms with Crippen LogP contribution in [-0.2, 0) is 38.1 Å². The standard InChI is InChI=1S/C16H25NO4.C15H23NO4/c1-11(18)12(14(19)21-15(2,3)4)8-9-13-17(7)16(5,6)10-20-13;1-10(2)20-14(18)12(11(3)17)7-8-13-16(6)15(4,5)9-19-13/h8-9H,10H2,1-7H3;7-8,10H,9H2,1-6H3. The van der Waals surface area contributed by atoms with Crippen LogP contribution in [0.15, 0.2) is 47.2 Å². The zero-order valence-corrected chi connectivity index (χ0v) is 27.0. The molecule has 0 amide bonds. The predicted molar refractivity (Wildman–Crippen MR) is 156 cm³/mol. The fraction of sp³-hybridized carbons (Fsp3) is 0.613. The highest BCUT2D eigenvalue weighted by Gasteiger charge is 2.34. The molecule has 0 N–H and O–H groups in total. The Morgan fingerprint density at radius 1 is 0.780 bits per heavy atom. The van der Waals surface area contributed by atoms with Crippen molar-refractivity contribution in [3.05, 3.63) is 47.2 Å². The average molecular weight is 577 g/mol. The molecule has 10 nitrogen and oxygen atoms in total. The van der Waals surface area contributed by atoms with Crippen LogP contribution in [0.4, 0.5) is 0 Å². The molecule has 0 atom stereocenters. The van der Waals surface area contributed by atoms with Gasteiger partial charge in [0.15, 0.2) is 23.3 Å². The van der Waals surface area contributed by atoms with E-state index < -0.39 is 17.5 Å². The summed E-state index contributed by atoms with van der Waals surface area (Å²) in [5.41, 5.74) is -0.815. The van der Waals surface area contributed by atoms with Gasteiger partial charge < -0.3 is 28.7 Å². The fourth-order valence-electron chi connectivity index (χ4n) is 3.38. The number of Topliss-reactive ketones (excluding diaryl/α,β-unsaturated/α-hetero) is 2. The van der Waals surface area contributed by atoms with Gasteiger partial charge in [-0.1, -0.05) is 0 Å². The van der Waals surface area contributed by atoms with E-state index in [0.29, 0.717) is 25.0 Å². The number of carbonyl (C=O) groups is 4. The van der Waals surface area contributed by atoms with Crippen molar-refractivity contribution >= 4 is 23.5 Å². The Balaban J connectivity index is 0.000000410. The summed E-state index contributed by atoms with van der Waals surface area (Å²) in [6, 6.07) is 0. The number of nitrogens with zero attached hydrogens (tertiary/aromatic N) is 2. The number of likely N-dealkylation sites (N-methyl/N-ethyl adjacent to an activating group) is 2. The summed E-state index contributed by atoms with van der Waals surface area (Å²) in [5, 5.41) is 0. The Morgan fingerprint density at radius 3 is 1.41 bits per heavy atom. The quantitative estimate of drug-likeness (QED) is 0.186. The van der Waals surface area contributed by atoms with E-state index in [2.05, 4.69) is 27.7 Å². The van der Waals surface area contributed by atoms with Crippen LogP contribution in [0.1, 0.15) is 76.2 Å². The molecule has 0 aromatic rings. The van der Waals surface area contributed by atoms with Gasteiger partial charge in [-0.3, -0.25) is 9.59 Å².